The minimum Gasteiger partial charge on any atom is -0.468 e. The molecular weight excluding hydrogens is 336 g/mol. The first-order chi connectivity index (χ1) is 12.6. The molecule has 2 heterocycles. The zero-order valence-electron chi connectivity index (χ0n) is 14.4. The fraction of sp³-hybridized carbons (Fsp3) is 0.389. The van der Waals surface area contributed by atoms with Crippen LogP contribution in [0.2, 0.25) is 0 Å². The van der Waals surface area contributed by atoms with Gasteiger partial charge < -0.3 is 15.1 Å². The van der Waals surface area contributed by atoms with Gasteiger partial charge >= 0.3 is 6.03 Å². The number of hydrogen-bond acceptors (Lipinski definition) is 5. The number of hydrogen-bond donors (Lipinski definition) is 2. The van der Waals surface area contributed by atoms with E-state index >= 15 is 0 Å². The van der Waals surface area contributed by atoms with Crippen LogP contribution in [0, 0.1) is 10.1 Å². The first-order valence-electron chi connectivity index (χ1n) is 8.70. The molecule has 3 rings (SSSR count). The molecule has 8 nitrogen and oxygen atoms in total. The Labute approximate surface area is 151 Å². The second-order valence-electron chi connectivity index (χ2n) is 6.27. The molecule has 26 heavy (non-hydrogen) atoms. The van der Waals surface area contributed by atoms with E-state index in [-0.39, 0.29) is 17.8 Å². The van der Waals surface area contributed by atoms with Crippen molar-refractivity contribution in [1.29, 1.82) is 0 Å². The zero-order chi connectivity index (χ0) is 18.4. The number of carbonyl (C=O) groups is 1. The number of non-ortho nitro benzene ring substituents is 1. The Morgan fingerprint density at radius 3 is 2.54 bits per heavy atom. The van der Waals surface area contributed by atoms with E-state index in [2.05, 4.69) is 15.5 Å². The standard InChI is InChI=1S/C18H22N4O4/c23-18(20-14-6-8-15(9-7-14)22(24)25)19-13-16(17-5-4-12-26-17)21-10-2-1-3-11-21/h4-9,12,16H,1-3,10-11,13H2,(H2,19,20,23). The molecule has 2 N–H and O–H groups in total. The van der Waals surface area contributed by atoms with Crippen molar-refractivity contribution in [3.63, 3.8) is 0 Å². The van der Waals surface area contributed by atoms with E-state index in [1.807, 2.05) is 12.1 Å². The maximum absolute atomic E-state index is 12.2. The Morgan fingerprint density at radius 1 is 1.19 bits per heavy atom. The Bertz CT molecular complexity index is 724. The van der Waals surface area contributed by atoms with Gasteiger partial charge in [-0.1, -0.05) is 6.42 Å². The van der Waals surface area contributed by atoms with Crippen molar-refractivity contribution in [3.8, 4) is 0 Å². The van der Waals surface area contributed by atoms with Crippen molar-refractivity contribution < 1.29 is 14.1 Å². The second-order valence-corrected chi connectivity index (χ2v) is 6.27. The van der Waals surface area contributed by atoms with Gasteiger partial charge in [-0.15, -0.1) is 0 Å². The van der Waals surface area contributed by atoms with Gasteiger partial charge in [0.1, 0.15) is 5.76 Å². The summed E-state index contributed by atoms with van der Waals surface area (Å²) in [4.78, 5) is 24.7. The third kappa shape index (κ3) is 4.60. The van der Waals surface area contributed by atoms with Crippen LogP contribution in [0.5, 0.6) is 0 Å². The van der Waals surface area contributed by atoms with Crippen LogP contribution in [-0.4, -0.2) is 35.5 Å². The Morgan fingerprint density at radius 2 is 1.92 bits per heavy atom. The molecule has 1 aromatic carbocycles. The maximum atomic E-state index is 12.2. The molecule has 1 aromatic heterocycles. The number of nitro groups is 1. The van der Waals surface area contributed by atoms with Gasteiger partial charge in [0.05, 0.1) is 17.2 Å². The molecule has 1 unspecified atom stereocenters. The van der Waals surface area contributed by atoms with E-state index in [0.717, 1.165) is 31.7 Å². The molecule has 1 aliphatic heterocycles. The van der Waals surface area contributed by atoms with Gasteiger partial charge in [-0.2, -0.15) is 0 Å². The summed E-state index contributed by atoms with van der Waals surface area (Å²) in [5.41, 5.74) is 0.486. The summed E-state index contributed by atoms with van der Waals surface area (Å²) in [5.74, 6) is 0.836. The summed E-state index contributed by atoms with van der Waals surface area (Å²) >= 11 is 0. The molecule has 1 atom stereocenters. The number of carbonyl (C=O) groups excluding carboxylic acids is 1. The number of rotatable bonds is 6. The number of furan rings is 1. The molecule has 0 aliphatic carbocycles. The topological polar surface area (TPSA) is 101 Å². The monoisotopic (exact) mass is 358 g/mol. The molecule has 0 radical (unpaired) electrons. The van der Waals surface area contributed by atoms with Crippen molar-refractivity contribution in [3.05, 3.63) is 58.5 Å². The molecule has 2 aromatic rings. The quantitative estimate of drug-likeness (QED) is 0.608. The molecular formula is C18H22N4O4. The molecule has 2 amide bonds. The highest BCUT2D eigenvalue weighted by Crippen LogP contribution is 2.24. The Hall–Kier alpha value is -2.87. The molecule has 0 saturated carbocycles. The summed E-state index contributed by atoms with van der Waals surface area (Å²) < 4.78 is 5.56. The predicted octanol–water partition coefficient (Wildman–Crippen LogP) is 3.54. The van der Waals surface area contributed by atoms with Crippen molar-refractivity contribution in [2.24, 2.45) is 0 Å². The number of piperidine rings is 1. The lowest BCUT2D eigenvalue weighted by Crippen LogP contribution is -2.41. The maximum Gasteiger partial charge on any atom is 0.319 e. The molecule has 1 aliphatic rings. The van der Waals surface area contributed by atoms with E-state index in [0.29, 0.717) is 12.2 Å². The lowest BCUT2D eigenvalue weighted by molar-refractivity contribution is -0.384. The van der Waals surface area contributed by atoms with Gasteiger partial charge in [0.2, 0.25) is 0 Å². The van der Waals surface area contributed by atoms with Gasteiger partial charge in [-0.3, -0.25) is 15.0 Å². The predicted molar refractivity (Wildman–Crippen MR) is 97.0 cm³/mol. The highest BCUT2D eigenvalue weighted by molar-refractivity contribution is 5.89. The lowest BCUT2D eigenvalue weighted by Gasteiger charge is -2.33. The number of nitrogens with zero attached hydrogens (tertiary/aromatic N) is 2. The molecule has 1 fully saturated rings. The smallest absolute Gasteiger partial charge is 0.319 e. The molecule has 1 saturated heterocycles. The minimum absolute atomic E-state index is 0.00656. The highest BCUT2D eigenvalue weighted by atomic mass is 16.6. The number of benzene rings is 1. The summed E-state index contributed by atoms with van der Waals surface area (Å²) in [6, 6.07) is 9.14. The zero-order valence-corrected chi connectivity index (χ0v) is 14.4. The lowest BCUT2D eigenvalue weighted by atomic mass is 10.1. The molecule has 138 valence electrons. The van der Waals surface area contributed by atoms with Gasteiger partial charge in [-0.25, -0.2) is 4.79 Å². The van der Waals surface area contributed by atoms with Crippen LogP contribution >= 0.6 is 0 Å². The molecule has 8 heteroatoms. The number of urea groups is 1. The second kappa shape index (κ2) is 8.48. The van der Waals surface area contributed by atoms with Crippen LogP contribution in [0.4, 0.5) is 16.2 Å². The Balaban J connectivity index is 1.57. The number of nitrogens with one attached hydrogen (secondary N) is 2. The number of anilines is 1. The Kier molecular flexibility index (Phi) is 5.85. The largest absolute Gasteiger partial charge is 0.468 e. The van der Waals surface area contributed by atoms with Crippen LogP contribution in [0.15, 0.2) is 47.1 Å². The molecule has 0 spiro atoms. The summed E-state index contributed by atoms with van der Waals surface area (Å²) in [7, 11) is 0. The first-order valence-corrected chi connectivity index (χ1v) is 8.70. The van der Waals surface area contributed by atoms with E-state index in [9.17, 15) is 14.9 Å². The van der Waals surface area contributed by atoms with Crippen molar-refractivity contribution in [2.75, 3.05) is 25.0 Å². The summed E-state index contributed by atoms with van der Waals surface area (Å²) in [6.45, 7) is 2.39. The van der Waals surface area contributed by atoms with Crippen LogP contribution < -0.4 is 10.6 Å². The average Bonchev–Trinajstić information content (AvgIpc) is 3.17. The third-order valence-electron chi connectivity index (χ3n) is 4.49. The number of likely N-dealkylation sites (tertiary alicyclic amines) is 1. The van der Waals surface area contributed by atoms with Crippen LogP contribution in [0.1, 0.15) is 31.1 Å². The fourth-order valence-corrected chi connectivity index (χ4v) is 3.15. The minimum atomic E-state index is -0.476. The highest BCUT2D eigenvalue weighted by Gasteiger charge is 2.24. The number of amides is 2. The van der Waals surface area contributed by atoms with Crippen LogP contribution in [0.25, 0.3) is 0 Å². The van der Waals surface area contributed by atoms with Crippen LogP contribution in [-0.2, 0) is 0 Å². The van der Waals surface area contributed by atoms with E-state index in [4.69, 9.17) is 4.42 Å². The van der Waals surface area contributed by atoms with Gasteiger partial charge in [0.15, 0.2) is 0 Å². The van der Waals surface area contributed by atoms with Crippen molar-refractivity contribution >= 4 is 17.4 Å². The molecule has 0 bridgehead atoms. The van der Waals surface area contributed by atoms with Gasteiger partial charge in [-0.05, 0) is 50.2 Å². The normalized spacial score (nSPS) is 16.0. The fourth-order valence-electron chi connectivity index (χ4n) is 3.15. The third-order valence-corrected chi connectivity index (χ3v) is 4.49. The number of nitro benzene ring substituents is 1. The van der Waals surface area contributed by atoms with Crippen LogP contribution in [0.3, 0.4) is 0 Å². The SMILES string of the molecule is O=C(NCC(c1ccco1)N1CCCCC1)Nc1ccc([N+](=O)[O-])cc1. The van der Waals surface area contributed by atoms with Gasteiger partial charge in [0, 0.05) is 24.4 Å². The van der Waals surface area contributed by atoms with E-state index in [1.54, 1.807) is 6.26 Å². The average molecular weight is 358 g/mol. The summed E-state index contributed by atoms with van der Waals surface area (Å²) in [5, 5.41) is 16.2. The van der Waals surface area contributed by atoms with Gasteiger partial charge in [0.25, 0.3) is 5.69 Å². The van der Waals surface area contributed by atoms with Crippen molar-refractivity contribution in [2.45, 2.75) is 25.3 Å². The summed E-state index contributed by atoms with van der Waals surface area (Å²) in [6.07, 6.45) is 5.16. The van der Waals surface area contributed by atoms with Crippen molar-refractivity contribution in [1.82, 2.24) is 10.2 Å². The van der Waals surface area contributed by atoms with E-state index in [1.165, 1.54) is 30.7 Å². The first kappa shape index (κ1) is 17.9. The van der Waals surface area contributed by atoms with E-state index < -0.39 is 4.92 Å².